The van der Waals surface area contributed by atoms with Gasteiger partial charge in [0.25, 0.3) is 0 Å². The van der Waals surface area contributed by atoms with Crippen molar-refractivity contribution in [1.82, 2.24) is 4.90 Å². The number of anilines is 2. The van der Waals surface area contributed by atoms with Gasteiger partial charge < -0.3 is 9.64 Å². The monoisotopic (exact) mass is 323 g/mol. The largest absolute Gasteiger partial charge is 0.417 e. The second-order valence-electron chi connectivity index (χ2n) is 6.50. The number of likely N-dealkylation sites (tertiary alicyclic amines) is 1. The molecule has 4 rings (SSSR count). The van der Waals surface area contributed by atoms with Gasteiger partial charge in [-0.2, -0.15) is 0 Å². The second-order valence-corrected chi connectivity index (χ2v) is 6.50. The van der Waals surface area contributed by atoms with Crippen molar-refractivity contribution in [2.75, 3.05) is 30.9 Å². The molecule has 0 saturated carbocycles. The number of likely N-dealkylation sites (N-methyl/N-ethyl adjacent to an activating group) is 2. The lowest BCUT2D eigenvalue weighted by atomic mass is 9.98. The fourth-order valence-corrected chi connectivity index (χ4v) is 3.94. The highest BCUT2D eigenvalue weighted by molar-refractivity contribution is 5.86. The van der Waals surface area contributed by atoms with Crippen LogP contribution in [0.15, 0.2) is 48.5 Å². The summed E-state index contributed by atoms with van der Waals surface area (Å²) in [6.45, 7) is 1.10. The molecule has 0 bridgehead atoms. The van der Waals surface area contributed by atoms with E-state index in [1.165, 1.54) is 11.3 Å². The number of ether oxygens (including phenoxy) is 1. The van der Waals surface area contributed by atoms with Gasteiger partial charge in [-0.15, -0.1) is 0 Å². The summed E-state index contributed by atoms with van der Waals surface area (Å²) in [5.41, 5.74) is 3.23. The number of hydrogen-bond acceptors (Lipinski definition) is 4. The number of para-hydroxylation sites is 1. The van der Waals surface area contributed by atoms with Gasteiger partial charge in [-0.05, 0) is 49.4 Å². The number of carbonyl (C=O) groups is 1. The number of amides is 1. The first kappa shape index (κ1) is 15.0. The van der Waals surface area contributed by atoms with E-state index in [1.807, 2.05) is 48.5 Å². The molecule has 0 spiro atoms. The van der Waals surface area contributed by atoms with Crippen LogP contribution in [0.25, 0.3) is 0 Å². The first-order valence-corrected chi connectivity index (χ1v) is 8.24. The van der Waals surface area contributed by atoms with Crippen LogP contribution < -0.4 is 15.0 Å². The van der Waals surface area contributed by atoms with Crippen LogP contribution in [0.4, 0.5) is 16.2 Å². The molecule has 5 heteroatoms. The molecule has 2 aliphatic rings. The SMILES string of the molecule is CN1CCC2c3cc(OC(=O)Nc4ccccc4)ccc3N(C)C21. The van der Waals surface area contributed by atoms with Crippen LogP contribution in [0.1, 0.15) is 17.9 Å². The predicted octanol–water partition coefficient (Wildman–Crippen LogP) is 3.49. The Morgan fingerprint density at radius 3 is 2.75 bits per heavy atom. The zero-order valence-corrected chi connectivity index (χ0v) is 13.9. The van der Waals surface area contributed by atoms with Crippen molar-refractivity contribution in [3.05, 3.63) is 54.1 Å². The van der Waals surface area contributed by atoms with E-state index in [0.717, 1.165) is 18.7 Å². The van der Waals surface area contributed by atoms with Crippen molar-refractivity contribution in [1.29, 1.82) is 0 Å². The first-order chi connectivity index (χ1) is 11.6. The Morgan fingerprint density at radius 1 is 1.17 bits per heavy atom. The maximum absolute atomic E-state index is 12.1. The quantitative estimate of drug-likeness (QED) is 0.919. The lowest BCUT2D eigenvalue weighted by Gasteiger charge is -2.28. The van der Waals surface area contributed by atoms with Gasteiger partial charge in [0.15, 0.2) is 0 Å². The molecule has 1 N–H and O–H groups in total. The average molecular weight is 323 g/mol. The van der Waals surface area contributed by atoms with Crippen molar-refractivity contribution in [2.45, 2.75) is 18.5 Å². The van der Waals surface area contributed by atoms with Gasteiger partial charge in [0.2, 0.25) is 0 Å². The molecule has 1 fully saturated rings. The fourth-order valence-electron chi connectivity index (χ4n) is 3.94. The zero-order chi connectivity index (χ0) is 16.7. The minimum absolute atomic E-state index is 0.411. The molecule has 2 aliphatic heterocycles. The minimum atomic E-state index is -0.465. The molecule has 1 saturated heterocycles. The molecule has 2 heterocycles. The highest BCUT2D eigenvalue weighted by Crippen LogP contribution is 2.47. The molecule has 2 unspecified atom stereocenters. The van der Waals surface area contributed by atoms with Gasteiger partial charge in [-0.3, -0.25) is 10.2 Å². The summed E-state index contributed by atoms with van der Waals surface area (Å²) in [5.74, 6) is 1.07. The van der Waals surface area contributed by atoms with Crippen LogP contribution in [0.5, 0.6) is 5.75 Å². The number of nitrogens with zero attached hydrogens (tertiary/aromatic N) is 2. The third-order valence-corrected chi connectivity index (χ3v) is 5.01. The third-order valence-electron chi connectivity index (χ3n) is 5.01. The molecule has 2 aromatic rings. The number of rotatable bonds is 2. The van der Waals surface area contributed by atoms with Crippen LogP contribution in [0.3, 0.4) is 0 Å². The fraction of sp³-hybridized carbons (Fsp3) is 0.316. The summed E-state index contributed by atoms with van der Waals surface area (Å²) in [6.07, 6.45) is 1.08. The van der Waals surface area contributed by atoms with Gasteiger partial charge in [-0.1, -0.05) is 18.2 Å². The zero-order valence-electron chi connectivity index (χ0n) is 13.9. The summed E-state index contributed by atoms with van der Waals surface area (Å²) < 4.78 is 5.47. The number of carbonyl (C=O) groups excluding carboxylic acids is 1. The van der Waals surface area contributed by atoms with Crippen molar-refractivity contribution in [2.24, 2.45) is 0 Å². The van der Waals surface area contributed by atoms with E-state index in [0.29, 0.717) is 17.8 Å². The van der Waals surface area contributed by atoms with Gasteiger partial charge in [0.1, 0.15) is 5.75 Å². The molecular weight excluding hydrogens is 302 g/mol. The van der Waals surface area contributed by atoms with Gasteiger partial charge >= 0.3 is 6.09 Å². The third kappa shape index (κ3) is 2.51. The van der Waals surface area contributed by atoms with Crippen molar-refractivity contribution >= 4 is 17.5 Å². The molecule has 2 aromatic carbocycles. The smallest absolute Gasteiger partial charge is 0.410 e. The molecular formula is C19H21N3O2. The number of benzene rings is 2. The van der Waals surface area contributed by atoms with Crippen molar-refractivity contribution in [3.8, 4) is 5.75 Å². The van der Waals surface area contributed by atoms with Gasteiger partial charge in [0.05, 0.1) is 6.17 Å². The summed E-state index contributed by atoms with van der Waals surface area (Å²) in [4.78, 5) is 16.8. The Balaban J connectivity index is 1.51. The standard InChI is InChI=1S/C19H21N3O2/c1-21-11-10-15-16-12-14(8-9-17(16)22(2)18(15)21)24-19(23)20-13-6-4-3-5-7-13/h3-9,12,15,18H,10-11H2,1-2H3,(H,20,23). The van der Waals surface area contributed by atoms with E-state index in [2.05, 4.69) is 29.2 Å². The van der Waals surface area contributed by atoms with Gasteiger partial charge in [-0.25, -0.2) is 4.79 Å². The Morgan fingerprint density at radius 2 is 1.96 bits per heavy atom. The Kier molecular flexibility index (Phi) is 3.65. The van der Waals surface area contributed by atoms with Crippen LogP contribution in [-0.4, -0.2) is 37.8 Å². The lowest BCUT2D eigenvalue weighted by Crippen LogP contribution is -2.39. The van der Waals surface area contributed by atoms with Gasteiger partial charge in [0, 0.05) is 30.9 Å². The van der Waals surface area contributed by atoms with E-state index in [-0.39, 0.29) is 0 Å². The Labute approximate surface area is 141 Å². The van der Waals surface area contributed by atoms with Crippen LogP contribution in [-0.2, 0) is 0 Å². The molecule has 0 aromatic heterocycles. The number of hydrogen-bond donors (Lipinski definition) is 1. The molecule has 1 amide bonds. The highest BCUT2D eigenvalue weighted by atomic mass is 16.6. The Hall–Kier alpha value is -2.53. The first-order valence-electron chi connectivity index (χ1n) is 8.24. The van der Waals surface area contributed by atoms with Crippen molar-refractivity contribution in [3.63, 3.8) is 0 Å². The predicted molar refractivity (Wildman–Crippen MR) is 94.7 cm³/mol. The van der Waals surface area contributed by atoms with Crippen molar-refractivity contribution < 1.29 is 9.53 Å². The molecule has 2 atom stereocenters. The van der Waals surface area contributed by atoms with E-state index < -0.39 is 6.09 Å². The summed E-state index contributed by atoms with van der Waals surface area (Å²) in [5, 5.41) is 2.74. The normalized spacial score (nSPS) is 22.2. The second kappa shape index (κ2) is 5.83. The Bertz CT molecular complexity index is 762. The molecule has 5 nitrogen and oxygen atoms in total. The number of nitrogens with one attached hydrogen (secondary N) is 1. The molecule has 24 heavy (non-hydrogen) atoms. The summed E-state index contributed by atoms with van der Waals surface area (Å²) in [7, 11) is 4.30. The molecule has 0 radical (unpaired) electrons. The van der Waals surface area contributed by atoms with E-state index >= 15 is 0 Å². The van der Waals surface area contributed by atoms with E-state index in [1.54, 1.807) is 0 Å². The highest BCUT2D eigenvalue weighted by Gasteiger charge is 2.43. The number of fused-ring (bicyclic) bond motifs is 3. The molecule has 124 valence electrons. The summed E-state index contributed by atoms with van der Waals surface area (Å²) >= 11 is 0. The van der Waals surface area contributed by atoms with Crippen LogP contribution in [0.2, 0.25) is 0 Å². The topological polar surface area (TPSA) is 44.8 Å². The maximum atomic E-state index is 12.1. The lowest BCUT2D eigenvalue weighted by molar-refractivity contribution is 0.215. The van der Waals surface area contributed by atoms with Crippen LogP contribution >= 0.6 is 0 Å². The minimum Gasteiger partial charge on any atom is -0.410 e. The maximum Gasteiger partial charge on any atom is 0.417 e. The average Bonchev–Trinajstić information content (AvgIpc) is 3.08. The van der Waals surface area contributed by atoms with E-state index in [9.17, 15) is 4.79 Å². The van der Waals surface area contributed by atoms with E-state index in [4.69, 9.17) is 4.74 Å². The van der Waals surface area contributed by atoms with Crippen LogP contribution in [0, 0.1) is 0 Å². The summed E-state index contributed by atoms with van der Waals surface area (Å²) in [6, 6.07) is 15.2. The molecule has 0 aliphatic carbocycles.